The summed E-state index contributed by atoms with van der Waals surface area (Å²) in [6, 6.07) is 0.858. The SMILES string of the molecule is CC(NC(=O)c1cc(F)c(F)cc1C(=O)O)C1CCOC1. The second-order valence-electron chi connectivity index (χ2n) is 5.00. The number of amides is 1. The number of hydrogen-bond acceptors (Lipinski definition) is 3. The number of aromatic carboxylic acids is 1. The number of hydrogen-bond donors (Lipinski definition) is 2. The largest absolute Gasteiger partial charge is 0.478 e. The molecule has 1 aromatic rings. The maximum absolute atomic E-state index is 13.3. The van der Waals surface area contributed by atoms with Gasteiger partial charge in [0.05, 0.1) is 17.7 Å². The number of carbonyl (C=O) groups excluding carboxylic acids is 1. The number of ether oxygens (including phenoxy) is 1. The van der Waals surface area contributed by atoms with E-state index in [2.05, 4.69) is 5.32 Å². The van der Waals surface area contributed by atoms with Gasteiger partial charge in [0.1, 0.15) is 0 Å². The first kappa shape index (κ1) is 15.4. The van der Waals surface area contributed by atoms with Crippen molar-refractivity contribution in [1.29, 1.82) is 0 Å². The maximum atomic E-state index is 13.3. The fraction of sp³-hybridized carbons (Fsp3) is 0.429. The van der Waals surface area contributed by atoms with Crippen molar-refractivity contribution < 1.29 is 28.2 Å². The molecule has 2 atom stereocenters. The molecule has 2 N–H and O–H groups in total. The van der Waals surface area contributed by atoms with Crippen LogP contribution in [0.2, 0.25) is 0 Å². The van der Waals surface area contributed by atoms with Gasteiger partial charge in [-0.15, -0.1) is 0 Å². The molecule has 1 aromatic carbocycles. The quantitative estimate of drug-likeness (QED) is 0.889. The Kier molecular flexibility index (Phi) is 4.52. The number of nitrogens with one attached hydrogen (secondary N) is 1. The zero-order chi connectivity index (χ0) is 15.6. The number of carbonyl (C=O) groups is 2. The van der Waals surface area contributed by atoms with Gasteiger partial charge in [-0.1, -0.05) is 0 Å². The molecule has 21 heavy (non-hydrogen) atoms. The Morgan fingerprint density at radius 3 is 2.48 bits per heavy atom. The van der Waals surface area contributed by atoms with Crippen LogP contribution in [0.4, 0.5) is 8.78 Å². The average molecular weight is 299 g/mol. The summed E-state index contributed by atoms with van der Waals surface area (Å²) >= 11 is 0. The normalized spacial score (nSPS) is 19.3. The van der Waals surface area contributed by atoms with Crippen molar-refractivity contribution >= 4 is 11.9 Å². The summed E-state index contributed by atoms with van der Waals surface area (Å²) in [6.07, 6.45) is 0.783. The van der Waals surface area contributed by atoms with Crippen molar-refractivity contribution in [2.45, 2.75) is 19.4 Å². The second-order valence-corrected chi connectivity index (χ2v) is 5.00. The van der Waals surface area contributed by atoms with Crippen molar-refractivity contribution in [3.05, 3.63) is 34.9 Å². The highest BCUT2D eigenvalue weighted by molar-refractivity contribution is 6.04. The molecular weight excluding hydrogens is 284 g/mol. The summed E-state index contributed by atoms with van der Waals surface area (Å²) in [4.78, 5) is 23.1. The third-order valence-corrected chi connectivity index (χ3v) is 3.57. The molecular formula is C14H15F2NO4. The Morgan fingerprint density at radius 1 is 1.33 bits per heavy atom. The fourth-order valence-electron chi connectivity index (χ4n) is 2.26. The van der Waals surface area contributed by atoms with Crippen molar-refractivity contribution in [1.82, 2.24) is 5.32 Å². The van der Waals surface area contributed by atoms with Gasteiger partial charge in [-0.25, -0.2) is 13.6 Å². The third kappa shape index (κ3) is 3.36. The van der Waals surface area contributed by atoms with E-state index in [9.17, 15) is 18.4 Å². The van der Waals surface area contributed by atoms with E-state index in [-0.39, 0.29) is 12.0 Å². The molecule has 1 saturated heterocycles. The Hall–Kier alpha value is -2.02. The molecule has 1 aliphatic rings. The van der Waals surface area contributed by atoms with E-state index < -0.39 is 34.6 Å². The zero-order valence-corrected chi connectivity index (χ0v) is 11.4. The van der Waals surface area contributed by atoms with Gasteiger partial charge in [0, 0.05) is 18.6 Å². The Labute approximate surface area is 119 Å². The topological polar surface area (TPSA) is 75.6 Å². The van der Waals surface area contributed by atoms with Crippen LogP contribution in [-0.2, 0) is 4.74 Å². The standard InChI is InChI=1S/C14H15F2NO4/c1-7(8-2-3-21-6-8)17-13(18)9-4-11(15)12(16)5-10(9)14(19)20/h4-5,7-8H,2-3,6H2,1H3,(H,17,18)(H,19,20). The van der Waals surface area contributed by atoms with Gasteiger partial charge in [-0.05, 0) is 25.5 Å². The van der Waals surface area contributed by atoms with E-state index in [0.29, 0.717) is 25.3 Å². The van der Waals surface area contributed by atoms with E-state index in [0.717, 1.165) is 6.42 Å². The van der Waals surface area contributed by atoms with Crippen molar-refractivity contribution in [3.63, 3.8) is 0 Å². The minimum atomic E-state index is -1.49. The maximum Gasteiger partial charge on any atom is 0.336 e. The Bertz CT molecular complexity index is 570. The molecule has 7 heteroatoms. The fourth-order valence-corrected chi connectivity index (χ4v) is 2.26. The smallest absolute Gasteiger partial charge is 0.336 e. The lowest BCUT2D eigenvalue weighted by Crippen LogP contribution is -2.39. The van der Waals surface area contributed by atoms with Crippen LogP contribution in [0.15, 0.2) is 12.1 Å². The molecule has 0 aromatic heterocycles. The van der Waals surface area contributed by atoms with Crippen LogP contribution in [0.1, 0.15) is 34.1 Å². The first-order valence-corrected chi connectivity index (χ1v) is 6.51. The van der Waals surface area contributed by atoms with Crippen molar-refractivity contribution in [3.8, 4) is 0 Å². The lowest BCUT2D eigenvalue weighted by atomic mass is 9.99. The molecule has 2 unspecified atom stereocenters. The van der Waals surface area contributed by atoms with E-state index in [4.69, 9.17) is 9.84 Å². The number of rotatable bonds is 4. The minimum absolute atomic E-state index is 0.118. The van der Waals surface area contributed by atoms with Gasteiger partial charge >= 0.3 is 5.97 Å². The summed E-state index contributed by atoms with van der Waals surface area (Å²) in [7, 11) is 0. The number of carboxylic acids is 1. The molecule has 0 bridgehead atoms. The molecule has 5 nitrogen and oxygen atoms in total. The minimum Gasteiger partial charge on any atom is -0.478 e. The third-order valence-electron chi connectivity index (χ3n) is 3.57. The highest BCUT2D eigenvalue weighted by atomic mass is 19.2. The highest BCUT2D eigenvalue weighted by Crippen LogP contribution is 2.19. The van der Waals surface area contributed by atoms with Crippen LogP contribution in [0.5, 0.6) is 0 Å². The molecule has 0 aliphatic carbocycles. The summed E-state index contributed by atoms with van der Waals surface area (Å²) < 4.78 is 31.6. The molecule has 0 saturated carbocycles. The van der Waals surface area contributed by atoms with Crippen LogP contribution in [0.25, 0.3) is 0 Å². The Balaban J connectivity index is 2.21. The van der Waals surface area contributed by atoms with Crippen LogP contribution in [-0.4, -0.2) is 36.2 Å². The molecule has 2 rings (SSSR count). The molecule has 0 radical (unpaired) electrons. The van der Waals surface area contributed by atoms with E-state index in [1.54, 1.807) is 6.92 Å². The molecule has 0 spiro atoms. The van der Waals surface area contributed by atoms with Gasteiger partial charge in [-0.2, -0.15) is 0 Å². The second kappa shape index (κ2) is 6.17. The van der Waals surface area contributed by atoms with Crippen LogP contribution < -0.4 is 5.32 Å². The number of carboxylic acid groups (broad SMARTS) is 1. The summed E-state index contributed by atoms with van der Waals surface area (Å²) in [5.74, 6) is -4.68. The number of benzene rings is 1. The van der Waals surface area contributed by atoms with E-state index in [1.807, 2.05) is 0 Å². The first-order chi connectivity index (χ1) is 9.90. The predicted octanol–water partition coefficient (Wildman–Crippen LogP) is 1.82. The van der Waals surface area contributed by atoms with Crippen LogP contribution in [0.3, 0.4) is 0 Å². The van der Waals surface area contributed by atoms with E-state index >= 15 is 0 Å². The van der Waals surface area contributed by atoms with Gasteiger partial charge in [0.2, 0.25) is 0 Å². The van der Waals surface area contributed by atoms with Gasteiger partial charge < -0.3 is 15.2 Å². The molecule has 1 amide bonds. The van der Waals surface area contributed by atoms with Gasteiger partial charge in [0.25, 0.3) is 5.91 Å². The monoisotopic (exact) mass is 299 g/mol. The molecule has 1 fully saturated rings. The summed E-state index contributed by atoms with van der Waals surface area (Å²) in [5.41, 5.74) is -0.964. The molecule has 114 valence electrons. The highest BCUT2D eigenvalue weighted by Gasteiger charge is 2.26. The molecule has 1 heterocycles. The lowest BCUT2D eigenvalue weighted by Gasteiger charge is -2.19. The Morgan fingerprint density at radius 2 is 1.95 bits per heavy atom. The number of halogens is 2. The first-order valence-electron chi connectivity index (χ1n) is 6.51. The van der Waals surface area contributed by atoms with Crippen LogP contribution in [0, 0.1) is 17.6 Å². The summed E-state index contributed by atoms with van der Waals surface area (Å²) in [5, 5.41) is 11.6. The van der Waals surface area contributed by atoms with Crippen molar-refractivity contribution in [2.24, 2.45) is 5.92 Å². The average Bonchev–Trinajstić information content (AvgIpc) is 2.95. The van der Waals surface area contributed by atoms with Crippen molar-refractivity contribution in [2.75, 3.05) is 13.2 Å². The van der Waals surface area contributed by atoms with E-state index in [1.165, 1.54) is 0 Å². The van der Waals surface area contributed by atoms with Gasteiger partial charge in [-0.3, -0.25) is 4.79 Å². The predicted molar refractivity (Wildman–Crippen MR) is 69.2 cm³/mol. The zero-order valence-electron chi connectivity index (χ0n) is 11.4. The molecule has 1 aliphatic heterocycles. The van der Waals surface area contributed by atoms with Crippen LogP contribution >= 0.6 is 0 Å². The van der Waals surface area contributed by atoms with Gasteiger partial charge in [0.15, 0.2) is 11.6 Å². The lowest BCUT2D eigenvalue weighted by molar-refractivity contribution is 0.0689. The summed E-state index contributed by atoms with van der Waals surface area (Å²) in [6.45, 7) is 2.87.